The summed E-state index contributed by atoms with van der Waals surface area (Å²) in [6.45, 7) is 6.27. The van der Waals surface area contributed by atoms with E-state index in [9.17, 15) is 0 Å². The molecule has 0 aliphatic heterocycles. The number of aromatic nitrogens is 1. The zero-order valence-corrected chi connectivity index (χ0v) is 11.2. The molecule has 3 heteroatoms. The Balaban J connectivity index is 2.37. The predicted molar refractivity (Wildman–Crippen MR) is 72.2 cm³/mol. The largest absolute Gasteiger partial charge is 0.473 e. The van der Waals surface area contributed by atoms with Gasteiger partial charge in [-0.3, -0.25) is 0 Å². The van der Waals surface area contributed by atoms with Crippen LogP contribution >= 0.6 is 0 Å². The van der Waals surface area contributed by atoms with Crippen LogP contribution in [0.25, 0.3) is 0 Å². The standard InChI is InChI=1S/C14H24N2O/c1-4-5-6-7-8-12(3)17-14-13(15)9-11(2)10-16-14/h9-10,12H,4-8,15H2,1-3H3. The highest BCUT2D eigenvalue weighted by Gasteiger charge is 2.08. The van der Waals surface area contributed by atoms with Gasteiger partial charge in [-0.15, -0.1) is 0 Å². The molecule has 3 nitrogen and oxygen atoms in total. The van der Waals surface area contributed by atoms with Gasteiger partial charge in [-0.1, -0.05) is 26.2 Å². The number of hydrogen-bond acceptors (Lipinski definition) is 3. The molecule has 1 aromatic heterocycles. The molecule has 0 saturated carbocycles. The van der Waals surface area contributed by atoms with Crippen LogP contribution in [0, 0.1) is 6.92 Å². The first kappa shape index (κ1) is 13.8. The Morgan fingerprint density at radius 3 is 2.76 bits per heavy atom. The summed E-state index contributed by atoms with van der Waals surface area (Å²) in [5.41, 5.74) is 7.55. The number of hydrogen-bond donors (Lipinski definition) is 1. The van der Waals surface area contributed by atoms with E-state index in [1.54, 1.807) is 6.20 Å². The van der Waals surface area contributed by atoms with Gasteiger partial charge in [0.25, 0.3) is 0 Å². The molecule has 0 aliphatic rings. The molecule has 0 spiro atoms. The summed E-state index contributed by atoms with van der Waals surface area (Å²) in [5.74, 6) is 0.568. The summed E-state index contributed by atoms with van der Waals surface area (Å²) in [4.78, 5) is 4.21. The fourth-order valence-electron chi connectivity index (χ4n) is 1.79. The molecule has 1 heterocycles. The van der Waals surface area contributed by atoms with Crippen LogP contribution in [0.15, 0.2) is 12.3 Å². The third-order valence-electron chi connectivity index (χ3n) is 2.79. The molecule has 1 atom stereocenters. The van der Waals surface area contributed by atoms with Gasteiger partial charge in [0.1, 0.15) is 0 Å². The maximum absolute atomic E-state index is 5.86. The second-order valence-electron chi connectivity index (χ2n) is 4.68. The van der Waals surface area contributed by atoms with Crippen molar-refractivity contribution in [3.63, 3.8) is 0 Å². The normalized spacial score (nSPS) is 12.4. The van der Waals surface area contributed by atoms with Gasteiger partial charge < -0.3 is 10.5 Å². The van der Waals surface area contributed by atoms with Crippen molar-refractivity contribution in [1.82, 2.24) is 4.98 Å². The van der Waals surface area contributed by atoms with Crippen LogP contribution in [0.5, 0.6) is 5.88 Å². The number of nitrogens with two attached hydrogens (primary N) is 1. The summed E-state index contributed by atoms with van der Waals surface area (Å²) < 4.78 is 5.74. The number of unbranched alkanes of at least 4 members (excludes halogenated alkanes) is 3. The van der Waals surface area contributed by atoms with Gasteiger partial charge in [0, 0.05) is 6.20 Å². The van der Waals surface area contributed by atoms with Crippen molar-refractivity contribution in [2.45, 2.75) is 59.0 Å². The van der Waals surface area contributed by atoms with E-state index in [4.69, 9.17) is 10.5 Å². The Morgan fingerprint density at radius 1 is 1.35 bits per heavy atom. The summed E-state index contributed by atoms with van der Waals surface area (Å²) in [6, 6.07) is 1.89. The van der Waals surface area contributed by atoms with E-state index in [0.717, 1.165) is 12.0 Å². The lowest BCUT2D eigenvalue weighted by atomic mass is 10.1. The highest BCUT2D eigenvalue weighted by molar-refractivity contribution is 5.49. The van der Waals surface area contributed by atoms with Crippen molar-refractivity contribution >= 4 is 5.69 Å². The monoisotopic (exact) mass is 236 g/mol. The molecule has 0 radical (unpaired) electrons. The molecule has 0 bridgehead atoms. The summed E-state index contributed by atoms with van der Waals surface area (Å²) in [6.07, 6.45) is 8.09. The number of aryl methyl sites for hydroxylation is 1. The molecular formula is C14H24N2O. The quantitative estimate of drug-likeness (QED) is 0.734. The molecule has 0 aliphatic carbocycles. The SMILES string of the molecule is CCCCCCC(C)Oc1ncc(C)cc1N. The Hall–Kier alpha value is -1.25. The molecule has 1 aromatic rings. The number of pyridine rings is 1. The fourth-order valence-corrected chi connectivity index (χ4v) is 1.79. The minimum atomic E-state index is 0.185. The van der Waals surface area contributed by atoms with Crippen LogP contribution in [0.3, 0.4) is 0 Å². The van der Waals surface area contributed by atoms with Gasteiger partial charge in [-0.2, -0.15) is 0 Å². The maximum atomic E-state index is 5.86. The molecular weight excluding hydrogens is 212 g/mol. The molecule has 2 N–H and O–H groups in total. The average Bonchev–Trinajstić information content (AvgIpc) is 2.28. The van der Waals surface area contributed by atoms with Crippen molar-refractivity contribution in [1.29, 1.82) is 0 Å². The van der Waals surface area contributed by atoms with Gasteiger partial charge in [-0.25, -0.2) is 4.98 Å². The Bertz CT molecular complexity index is 339. The summed E-state index contributed by atoms with van der Waals surface area (Å²) in [7, 11) is 0. The molecule has 0 saturated heterocycles. The van der Waals surface area contributed by atoms with Crippen LogP contribution in [0.1, 0.15) is 51.5 Å². The van der Waals surface area contributed by atoms with Crippen molar-refractivity contribution in [3.05, 3.63) is 17.8 Å². The smallest absolute Gasteiger partial charge is 0.237 e. The lowest BCUT2D eigenvalue weighted by molar-refractivity contribution is 0.199. The van der Waals surface area contributed by atoms with Gasteiger partial charge in [0.05, 0.1) is 11.8 Å². The molecule has 0 fully saturated rings. The zero-order valence-electron chi connectivity index (χ0n) is 11.2. The minimum absolute atomic E-state index is 0.185. The summed E-state index contributed by atoms with van der Waals surface area (Å²) in [5, 5.41) is 0. The van der Waals surface area contributed by atoms with Crippen LogP contribution in [0.2, 0.25) is 0 Å². The highest BCUT2D eigenvalue weighted by Crippen LogP contribution is 2.21. The molecule has 0 aromatic carbocycles. The van der Waals surface area contributed by atoms with E-state index in [-0.39, 0.29) is 6.10 Å². The number of anilines is 1. The minimum Gasteiger partial charge on any atom is -0.473 e. The van der Waals surface area contributed by atoms with E-state index >= 15 is 0 Å². The third kappa shape index (κ3) is 5.07. The third-order valence-corrected chi connectivity index (χ3v) is 2.79. The lowest BCUT2D eigenvalue weighted by Crippen LogP contribution is -2.13. The maximum Gasteiger partial charge on any atom is 0.237 e. The van der Waals surface area contributed by atoms with Gasteiger partial charge >= 0.3 is 0 Å². The van der Waals surface area contributed by atoms with Crippen LogP contribution < -0.4 is 10.5 Å². The fraction of sp³-hybridized carbons (Fsp3) is 0.643. The summed E-state index contributed by atoms with van der Waals surface area (Å²) >= 11 is 0. The van der Waals surface area contributed by atoms with Gasteiger partial charge in [-0.05, 0) is 38.3 Å². The molecule has 0 amide bonds. The van der Waals surface area contributed by atoms with E-state index in [1.165, 1.54) is 25.7 Å². The average molecular weight is 236 g/mol. The van der Waals surface area contributed by atoms with Gasteiger partial charge in [0.2, 0.25) is 5.88 Å². The molecule has 96 valence electrons. The van der Waals surface area contributed by atoms with Crippen LogP contribution in [0.4, 0.5) is 5.69 Å². The Kier molecular flexibility index (Phi) is 5.81. The Labute approximate surface area is 104 Å². The predicted octanol–water partition coefficient (Wildman–Crippen LogP) is 3.71. The first-order valence-electron chi connectivity index (χ1n) is 6.52. The molecule has 17 heavy (non-hydrogen) atoms. The van der Waals surface area contributed by atoms with E-state index in [0.29, 0.717) is 11.6 Å². The van der Waals surface area contributed by atoms with Crippen molar-refractivity contribution in [2.24, 2.45) is 0 Å². The molecule has 1 rings (SSSR count). The number of nitrogen functional groups attached to an aromatic ring is 1. The first-order valence-corrected chi connectivity index (χ1v) is 6.52. The lowest BCUT2D eigenvalue weighted by Gasteiger charge is -2.15. The zero-order chi connectivity index (χ0) is 12.7. The van der Waals surface area contributed by atoms with E-state index in [1.807, 2.05) is 13.0 Å². The van der Waals surface area contributed by atoms with Crippen LogP contribution in [-0.4, -0.2) is 11.1 Å². The van der Waals surface area contributed by atoms with Crippen molar-refractivity contribution in [2.75, 3.05) is 5.73 Å². The second kappa shape index (κ2) is 7.15. The van der Waals surface area contributed by atoms with Gasteiger partial charge in [0.15, 0.2) is 0 Å². The first-order chi connectivity index (χ1) is 8.13. The van der Waals surface area contributed by atoms with Crippen molar-refractivity contribution < 1.29 is 4.74 Å². The Morgan fingerprint density at radius 2 is 2.12 bits per heavy atom. The van der Waals surface area contributed by atoms with Crippen molar-refractivity contribution in [3.8, 4) is 5.88 Å². The number of rotatable bonds is 7. The van der Waals surface area contributed by atoms with Crippen LogP contribution in [-0.2, 0) is 0 Å². The topological polar surface area (TPSA) is 48.1 Å². The molecule has 1 unspecified atom stereocenters. The van der Waals surface area contributed by atoms with E-state index < -0.39 is 0 Å². The highest BCUT2D eigenvalue weighted by atomic mass is 16.5. The number of nitrogens with zero attached hydrogens (tertiary/aromatic N) is 1. The second-order valence-corrected chi connectivity index (χ2v) is 4.68. The number of ether oxygens (including phenoxy) is 1. The van der Waals surface area contributed by atoms with E-state index in [2.05, 4.69) is 18.8 Å².